The molecule has 0 heterocycles. The first kappa shape index (κ1) is 11.2. The number of aliphatic carboxylic acids is 1. The fourth-order valence-corrected chi connectivity index (χ4v) is 1.76. The second kappa shape index (κ2) is 3.76. The summed E-state index contributed by atoms with van der Waals surface area (Å²) in [5.41, 5.74) is 0.289. The Kier molecular flexibility index (Phi) is 3.51. The van der Waals surface area contributed by atoms with Gasteiger partial charge in [0.05, 0.1) is 11.3 Å². The molecular formula is C8H16O3Si. The summed E-state index contributed by atoms with van der Waals surface area (Å²) >= 11 is 0. The van der Waals surface area contributed by atoms with Crippen molar-refractivity contribution < 1.29 is 14.3 Å². The molecule has 0 aliphatic carbocycles. The quantitative estimate of drug-likeness (QED) is 0.419. The van der Waals surface area contributed by atoms with Gasteiger partial charge >= 0.3 is 5.97 Å². The van der Waals surface area contributed by atoms with Gasteiger partial charge in [-0.05, 0) is 33.5 Å². The first-order valence-corrected chi connectivity index (χ1v) is 7.24. The third-order valence-corrected chi connectivity index (χ3v) is 2.23. The van der Waals surface area contributed by atoms with Crippen molar-refractivity contribution in [2.45, 2.75) is 33.5 Å². The maximum absolute atomic E-state index is 10.5. The molecule has 0 aromatic heterocycles. The van der Waals surface area contributed by atoms with Crippen LogP contribution in [0.2, 0.25) is 19.6 Å². The van der Waals surface area contributed by atoms with E-state index in [4.69, 9.17) is 9.53 Å². The van der Waals surface area contributed by atoms with E-state index in [-0.39, 0.29) is 5.57 Å². The van der Waals surface area contributed by atoms with E-state index in [1.165, 1.54) is 0 Å². The van der Waals surface area contributed by atoms with Crippen LogP contribution >= 0.6 is 0 Å². The molecule has 0 radical (unpaired) electrons. The average Bonchev–Trinajstić information content (AvgIpc) is 1.82. The van der Waals surface area contributed by atoms with Crippen LogP contribution in [0.1, 0.15) is 13.8 Å². The number of carboxylic acid groups (broad SMARTS) is 1. The van der Waals surface area contributed by atoms with E-state index >= 15 is 0 Å². The van der Waals surface area contributed by atoms with Crippen LogP contribution in [0, 0.1) is 0 Å². The van der Waals surface area contributed by atoms with Crippen LogP contribution in [0.5, 0.6) is 0 Å². The maximum atomic E-state index is 10.5. The second-order valence-electron chi connectivity index (χ2n) is 3.70. The lowest BCUT2D eigenvalue weighted by molar-refractivity contribution is -0.132. The van der Waals surface area contributed by atoms with Gasteiger partial charge in [0.2, 0.25) is 8.32 Å². The number of rotatable bonds is 3. The van der Waals surface area contributed by atoms with Crippen molar-refractivity contribution in [3.05, 3.63) is 11.3 Å². The molecule has 0 saturated carbocycles. The molecule has 3 nitrogen and oxygen atoms in total. The van der Waals surface area contributed by atoms with Gasteiger partial charge in [0, 0.05) is 0 Å². The SMILES string of the molecule is C/C(O[Si](C)(C)C)=C(\C)C(=O)O. The largest absolute Gasteiger partial charge is 0.547 e. The van der Waals surface area contributed by atoms with Crippen molar-refractivity contribution in [2.24, 2.45) is 0 Å². The van der Waals surface area contributed by atoms with Gasteiger partial charge in [-0.3, -0.25) is 0 Å². The highest BCUT2D eigenvalue weighted by atomic mass is 28.4. The molecule has 0 spiro atoms. The molecule has 0 aromatic rings. The van der Waals surface area contributed by atoms with Gasteiger partial charge in [-0.2, -0.15) is 0 Å². The molecular weight excluding hydrogens is 172 g/mol. The van der Waals surface area contributed by atoms with E-state index in [2.05, 4.69) is 0 Å². The highest BCUT2D eigenvalue weighted by Gasteiger charge is 2.18. The summed E-state index contributed by atoms with van der Waals surface area (Å²) < 4.78 is 5.50. The molecule has 70 valence electrons. The Morgan fingerprint density at radius 2 is 1.67 bits per heavy atom. The Bertz CT molecular complexity index is 213. The highest BCUT2D eigenvalue weighted by molar-refractivity contribution is 6.70. The van der Waals surface area contributed by atoms with Gasteiger partial charge in [-0.25, -0.2) is 4.79 Å². The third-order valence-electron chi connectivity index (χ3n) is 1.31. The van der Waals surface area contributed by atoms with E-state index in [0.29, 0.717) is 5.76 Å². The molecule has 0 saturated heterocycles. The van der Waals surface area contributed by atoms with Crippen molar-refractivity contribution in [2.75, 3.05) is 0 Å². The summed E-state index contributed by atoms with van der Waals surface area (Å²) in [6.45, 7) is 9.31. The van der Waals surface area contributed by atoms with Crippen molar-refractivity contribution in [1.82, 2.24) is 0 Å². The summed E-state index contributed by atoms with van der Waals surface area (Å²) in [5.74, 6) is -0.382. The lowest BCUT2D eigenvalue weighted by Gasteiger charge is -2.20. The van der Waals surface area contributed by atoms with E-state index in [9.17, 15) is 4.79 Å². The molecule has 0 amide bonds. The van der Waals surface area contributed by atoms with Crippen LogP contribution in [0.3, 0.4) is 0 Å². The minimum absolute atomic E-state index is 0.289. The Morgan fingerprint density at radius 3 is 1.92 bits per heavy atom. The van der Waals surface area contributed by atoms with Gasteiger partial charge in [0.15, 0.2) is 0 Å². The van der Waals surface area contributed by atoms with Crippen molar-refractivity contribution in [3.63, 3.8) is 0 Å². The molecule has 0 unspecified atom stereocenters. The monoisotopic (exact) mass is 188 g/mol. The highest BCUT2D eigenvalue weighted by Crippen LogP contribution is 2.13. The summed E-state index contributed by atoms with van der Waals surface area (Å²) in [7, 11) is -1.65. The molecule has 12 heavy (non-hydrogen) atoms. The maximum Gasteiger partial charge on any atom is 0.334 e. The molecule has 0 rings (SSSR count). The van der Waals surface area contributed by atoms with Crippen LogP contribution in [0.15, 0.2) is 11.3 Å². The smallest absolute Gasteiger partial charge is 0.334 e. The van der Waals surface area contributed by atoms with E-state index < -0.39 is 14.3 Å². The first-order valence-electron chi connectivity index (χ1n) is 3.84. The summed E-state index contributed by atoms with van der Waals surface area (Å²) in [4.78, 5) is 10.5. The number of hydrogen-bond donors (Lipinski definition) is 1. The zero-order valence-corrected chi connectivity index (χ0v) is 9.26. The molecule has 0 bridgehead atoms. The van der Waals surface area contributed by atoms with Gasteiger partial charge in [0.25, 0.3) is 0 Å². The van der Waals surface area contributed by atoms with E-state index in [0.717, 1.165) is 0 Å². The Labute approximate surface area is 74.2 Å². The number of carboxylic acids is 1. The van der Waals surface area contributed by atoms with Crippen LogP contribution in [-0.2, 0) is 9.22 Å². The normalized spacial score (nSPS) is 13.8. The van der Waals surface area contributed by atoms with Crippen molar-refractivity contribution in [1.29, 1.82) is 0 Å². The number of hydrogen-bond acceptors (Lipinski definition) is 2. The van der Waals surface area contributed by atoms with Gasteiger partial charge < -0.3 is 9.53 Å². The summed E-state index contributed by atoms with van der Waals surface area (Å²) in [6, 6.07) is 0. The Balaban J connectivity index is 4.49. The van der Waals surface area contributed by atoms with Gasteiger partial charge in [-0.15, -0.1) is 0 Å². The Morgan fingerprint density at radius 1 is 1.25 bits per heavy atom. The fourth-order valence-electron chi connectivity index (χ4n) is 0.686. The lowest BCUT2D eigenvalue weighted by atomic mass is 10.3. The van der Waals surface area contributed by atoms with Crippen molar-refractivity contribution in [3.8, 4) is 0 Å². The van der Waals surface area contributed by atoms with Crippen molar-refractivity contribution >= 4 is 14.3 Å². The average molecular weight is 188 g/mol. The van der Waals surface area contributed by atoms with Crippen LogP contribution in [0.4, 0.5) is 0 Å². The minimum Gasteiger partial charge on any atom is -0.547 e. The fraction of sp³-hybridized carbons (Fsp3) is 0.625. The zero-order valence-electron chi connectivity index (χ0n) is 8.26. The van der Waals surface area contributed by atoms with E-state index in [1.54, 1.807) is 13.8 Å². The second-order valence-corrected chi connectivity index (χ2v) is 8.13. The van der Waals surface area contributed by atoms with E-state index in [1.807, 2.05) is 19.6 Å². The predicted octanol–water partition coefficient (Wildman–Crippen LogP) is 2.22. The molecule has 0 fully saturated rings. The topological polar surface area (TPSA) is 46.5 Å². The molecule has 4 heteroatoms. The number of allylic oxidation sites excluding steroid dienone is 1. The third kappa shape index (κ3) is 4.18. The number of carbonyl (C=O) groups is 1. The predicted molar refractivity (Wildman–Crippen MR) is 50.4 cm³/mol. The minimum atomic E-state index is -1.65. The Hall–Kier alpha value is -0.773. The first-order chi connectivity index (χ1) is 5.24. The zero-order chi connectivity index (χ0) is 9.94. The van der Waals surface area contributed by atoms with Crippen LogP contribution in [-0.4, -0.2) is 19.4 Å². The molecule has 0 aliphatic rings. The van der Waals surface area contributed by atoms with Crippen LogP contribution in [0.25, 0.3) is 0 Å². The molecule has 1 N–H and O–H groups in total. The summed E-state index contributed by atoms with van der Waals surface area (Å²) in [5, 5.41) is 8.63. The molecule has 0 aliphatic heterocycles. The standard InChI is InChI=1S/C8H16O3Si/c1-6(8(9)10)7(2)11-12(3,4)5/h1-5H3,(H,9,10)/b7-6-. The molecule has 0 aromatic carbocycles. The van der Waals surface area contributed by atoms with Gasteiger partial charge in [-0.1, -0.05) is 0 Å². The lowest BCUT2D eigenvalue weighted by Crippen LogP contribution is -2.25. The van der Waals surface area contributed by atoms with Gasteiger partial charge in [0.1, 0.15) is 0 Å². The van der Waals surface area contributed by atoms with Crippen LogP contribution < -0.4 is 0 Å². The summed E-state index contributed by atoms with van der Waals surface area (Å²) in [6.07, 6.45) is 0. The molecule has 0 atom stereocenters.